The molecule has 21 heavy (non-hydrogen) atoms. The van der Waals surface area contributed by atoms with Crippen LogP contribution < -0.4 is 11.1 Å². The van der Waals surface area contributed by atoms with Crippen molar-refractivity contribution < 1.29 is 18.0 Å². The van der Waals surface area contributed by atoms with Gasteiger partial charge in [-0.25, -0.2) is 0 Å². The molecule has 4 nitrogen and oxygen atoms in total. The summed E-state index contributed by atoms with van der Waals surface area (Å²) in [6.07, 6.45) is -3.59. The number of nitrogen functional groups attached to an aromatic ring is 1. The highest BCUT2D eigenvalue weighted by atomic mass is 19.4. The molecular weight excluding hydrogens is 283 g/mol. The molecule has 1 atom stereocenters. The van der Waals surface area contributed by atoms with Gasteiger partial charge in [0.05, 0.1) is 12.5 Å². The number of carbonyl (C=O) groups excluding carboxylic acids is 1. The second kappa shape index (κ2) is 6.34. The third kappa shape index (κ3) is 4.63. The molecule has 0 spiro atoms. The van der Waals surface area contributed by atoms with E-state index < -0.39 is 12.1 Å². The summed E-state index contributed by atoms with van der Waals surface area (Å²) < 4.78 is 38.1. The van der Waals surface area contributed by atoms with Gasteiger partial charge in [-0.05, 0) is 43.7 Å². The minimum atomic E-state index is -4.19. The van der Waals surface area contributed by atoms with Gasteiger partial charge in [-0.3, -0.25) is 9.69 Å². The molecule has 1 unspecified atom stereocenters. The van der Waals surface area contributed by atoms with Crippen molar-refractivity contribution in [1.29, 1.82) is 0 Å². The number of nitrogens with one attached hydrogen (secondary N) is 1. The van der Waals surface area contributed by atoms with E-state index in [1.807, 2.05) is 0 Å². The molecule has 1 aliphatic heterocycles. The van der Waals surface area contributed by atoms with Gasteiger partial charge in [0.2, 0.25) is 5.91 Å². The average molecular weight is 301 g/mol. The quantitative estimate of drug-likeness (QED) is 0.843. The van der Waals surface area contributed by atoms with Gasteiger partial charge in [0.25, 0.3) is 0 Å². The summed E-state index contributed by atoms with van der Waals surface area (Å²) in [6.45, 7) is 0.372. The highest BCUT2D eigenvalue weighted by Crippen LogP contribution is 2.32. The number of hydrogen-bond acceptors (Lipinski definition) is 3. The molecule has 0 saturated carbocycles. The van der Waals surface area contributed by atoms with Crippen LogP contribution in [0.3, 0.4) is 0 Å². The fourth-order valence-electron chi connectivity index (χ4n) is 2.44. The summed E-state index contributed by atoms with van der Waals surface area (Å²) in [5.74, 6) is -1.65. The SMILES string of the molecule is Nc1ccc(NC(=O)CN2CCCC(C(F)(F)F)C2)cc1. The summed E-state index contributed by atoms with van der Waals surface area (Å²) >= 11 is 0. The van der Waals surface area contributed by atoms with E-state index >= 15 is 0 Å². The molecule has 1 aromatic rings. The molecule has 0 radical (unpaired) electrons. The summed E-state index contributed by atoms with van der Waals surface area (Å²) in [5.41, 5.74) is 6.70. The Kier molecular flexibility index (Phi) is 4.72. The second-order valence-corrected chi connectivity index (χ2v) is 5.29. The van der Waals surface area contributed by atoms with E-state index in [4.69, 9.17) is 5.73 Å². The monoisotopic (exact) mass is 301 g/mol. The largest absolute Gasteiger partial charge is 0.399 e. The van der Waals surface area contributed by atoms with Crippen LogP contribution in [-0.2, 0) is 4.79 Å². The minimum absolute atomic E-state index is 0.0308. The van der Waals surface area contributed by atoms with Crippen LogP contribution in [0.5, 0.6) is 0 Å². The Morgan fingerprint density at radius 2 is 2.00 bits per heavy atom. The van der Waals surface area contributed by atoms with Gasteiger partial charge < -0.3 is 11.1 Å². The number of alkyl halides is 3. The number of amides is 1. The van der Waals surface area contributed by atoms with Crippen molar-refractivity contribution >= 4 is 17.3 Å². The maximum absolute atomic E-state index is 12.7. The van der Waals surface area contributed by atoms with E-state index in [-0.39, 0.29) is 25.4 Å². The van der Waals surface area contributed by atoms with Gasteiger partial charge in [-0.2, -0.15) is 13.2 Å². The number of benzene rings is 1. The predicted octanol–water partition coefficient (Wildman–Crippen LogP) is 2.48. The molecule has 1 aliphatic rings. The van der Waals surface area contributed by atoms with Gasteiger partial charge in [0.15, 0.2) is 0 Å². The number of rotatable bonds is 3. The zero-order chi connectivity index (χ0) is 15.5. The highest BCUT2D eigenvalue weighted by Gasteiger charge is 2.41. The number of hydrogen-bond donors (Lipinski definition) is 2. The topological polar surface area (TPSA) is 58.4 Å². The fraction of sp³-hybridized carbons (Fsp3) is 0.500. The van der Waals surface area contributed by atoms with E-state index in [0.717, 1.165) is 0 Å². The lowest BCUT2D eigenvalue weighted by atomic mass is 9.97. The first-order chi connectivity index (χ1) is 9.84. The Balaban J connectivity index is 1.86. The van der Waals surface area contributed by atoms with Crippen molar-refractivity contribution in [2.45, 2.75) is 19.0 Å². The van der Waals surface area contributed by atoms with Crippen molar-refractivity contribution in [3.05, 3.63) is 24.3 Å². The molecule has 1 heterocycles. The first-order valence-corrected chi connectivity index (χ1v) is 6.79. The standard InChI is InChI=1S/C14H18F3N3O/c15-14(16,17)10-2-1-7-20(8-10)9-13(21)19-12-5-3-11(18)4-6-12/h3-6,10H,1-2,7-9,18H2,(H,19,21). The summed E-state index contributed by atoms with van der Waals surface area (Å²) in [4.78, 5) is 13.4. The molecule has 1 amide bonds. The summed E-state index contributed by atoms with van der Waals surface area (Å²) in [7, 11) is 0. The van der Waals surface area contributed by atoms with Crippen molar-refractivity contribution in [3.63, 3.8) is 0 Å². The van der Waals surface area contributed by atoms with Crippen LogP contribution in [0.25, 0.3) is 0 Å². The van der Waals surface area contributed by atoms with Gasteiger partial charge >= 0.3 is 6.18 Å². The molecule has 116 valence electrons. The van der Waals surface area contributed by atoms with Crippen LogP contribution in [-0.4, -0.2) is 36.6 Å². The molecule has 1 aromatic carbocycles. The lowest BCUT2D eigenvalue weighted by Crippen LogP contribution is -2.44. The van der Waals surface area contributed by atoms with Crippen LogP contribution in [0.4, 0.5) is 24.5 Å². The van der Waals surface area contributed by atoms with Gasteiger partial charge in [0, 0.05) is 17.9 Å². The molecule has 7 heteroatoms. The number of piperidine rings is 1. The van der Waals surface area contributed by atoms with Gasteiger partial charge in [0.1, 0.15) is 0 Å². The number of carbonyl (C=O) groups is 1. The predicted molar refractivity (Wildman–Crippen MR) is 74.7 cm³/mol. The Labute approximate surface area is 121 Å². The lowest BCUT2D eigenvalue weighted by Gasteiger charge is -2.33. The highest BCUT2D eigenvalue weighted by molar-refractivity contribution is 5.92. The van der Waals surface area contributed by atoms with E-state index in [0.29, 0.717) is 24.3 Å². The summed E-state index contributed by atoms with van der Waals surface area (Å²) in [5, 5.41) is 2.65. The van der Waals surface area contributed by atoms with E-state index in [9.17, 15) is 18.0 Å². The molecule has 1 fully saturated rings. The zero-order valence-corrected chi connectivity index (χ0v) is 11.5. The third-order valence-corrected chi connectivity index (χ3v) is 3.53. The molecule has 0 aliphatic carbocycles. The van der Waals surface area contributed by atoms with Crippen molar-refractivity contribution in [2.24, 2.45) is 5.92 Å². The number of halogens is 3. The van der Waals surface area contributed by atoms with E-state index in [1.165, 1.54) is 0 Å². The second-order valence-electron chi connectivity index (χ2n) is 5.29. The number of nitrogens with two attached hydrogens (primary N) is 1. The van der Waals surface area contributed by atoms with Crippen LogP contribution in [0.2, 0.25) is 0 Å². The first kappa shape index (κ1) is 15.6. The average Bonchev–Trinajstić information content (AvgIpc) is 2.41. The Morgan fingerprint density at radius 1 is 1.33 bits per heavy atom. The lowest BCUT2D eigenvalue weighted by molar-refractivity contribution is -0.186. The van der Waals surface area contributed by atoms with Crippen molar-refractivity contribution in [3.8, 4) is 0 Å². The van der Waals surface area contributed by atoms with Crippen molar-refractivity contribution in [2.75, 3.05) is 30.7 Å². The van der Waals surface area contributed by atoms with Crippen LogP contribution in [0.15, 0.2) is 24.3 Å². The normalized spacial score (nSPS) is 20.2. The zero-order valence-electron chi connectivity index (χ0n) is 11.5. The van der Waals surface area contributed by atoms with Crippen molar-refractivity contribution in [1.82, 2.24) is 4.90 Å². The van der Waals surface area contributed by atoms with Crippen LogP contribution in [0, 0.1) is 5.92 Å². The molecule has 1 saturated heterocycles. The van der Waals surface area contributed by atoms with Crippen LogP contribution in [0.1, 0.15) is 12.8 Å². The third-order valence-electron chi connectivity index (χ3n) is 3.53. The minimum Gasteiger partial charge on any atom is -0.399 e. The Bertz CT molecular complexity index is 487. The maximum Gasteiger partial charge on any atom is 0.393 e. The smallest absolute Gasteiger partial charge is 0.393 e. The molecule has 3 N–H and O–H groups in total. The molecule has 2 rings (SSSR count). The first-order valence-electron chi connectivity index (χ1n) is 6.79. The Hall–Kier alpha value is -1.76. The number of nitrogens with zero attached hydrogens (tertiary/aromatic N) is 1. The van der Waals surface area contributed by atoms with E-state index in [1.54, 1.807) is 29.2 Å². The molecular formula is C14H18F3N3O. The fourth-order valence-corrected chi connectivity index (χ4v) is 2.44. The van der Waals surface area contributed by atoms with E-state index in [2.05, 4.69) is 5.32 Å². The Morgan fingerprint density at radius 3 is 2.62 bits per heavy atom. The van der Waals surface area contributed by atoms with Gasteiger partial charge in [-0.15, -0.1) is 0 Å². The number of likely N-dealkylation sites (tertiary alicyclic amines) is 1. The van der Waals surface area contributed by atoms with Crippen LogP contribution >= 0.6 is 0 Å². The molecule has 0 bridgehead atoms. The molecule has 0 aromatic heterocycles. The van der Waals surface area contributed by atoms with Gasteiger partial charge in [-0.1, -0.05) is 0 Å². The number of anilines is 2. The maximum atomic E-state index is 12.7. The summed E-state index contributed by atoms with van der Waals surface area (Å²) in [6, 6.07) is 6.61.